The van der Waals surface area contributed by atoms with Gasteiger partial charge in [-0.15, -0.1) is 0 Å². The van der Waals surface area contributed by atoms with Crippen molar-refractivity contribution in [2.24, 2.45) is 34.6 Å². The van der Waals surface area contributed by atoms with Gasteiger partial charge in [-0.2, -0.15) is 0 Å². The third-order valence-corrected chi connectivity index (χ3v) is 9.44. The molecular weight excluding hydrogens is 574 g/mol. The second-order valence-electron chi connectivity index (χ2n) is 12.7. The Kier molecular flexibility index (Phi) is 10.6. The first-order chi connectivity index (χ1) is 20.4. The van der Waals surface area contributed by atoms with Crippen LogP contribution in [-0.4, -0.2) is 155 Å². The predicted molar refractivity (Wildman–Crippen MR) is 145 cm³/mol. The maximum absolute atomic E-state index is 11.2. The first kappa shape index (κ1) is 33.7. The molecule has 5 fully saturated rings. The van der Waals surface area contributed by atoms with Crippen LogP contribution < -0.4 is 28.7 Å². The minimum absolute atomic E-state index is 0.0830. The van der Waals surface area contributed by atoms with Crippen molar-refractivity contribution in [2.75, 3.05) is 26.4 Å². The summed E-state index contributed by atoms with van der Waals surface area (Å²) in [5, 5.41) is 53.0. The van der Waals surface area contributed by atoms with Gasteiger partial charge in [-0.25, -0.2) is 0 Å². The van der Waals surface area contributed by atoms with Crippen LogP contribution in [0.2, 0.25) is 0 Å². The number of hydrogen-bond acceptors (Lipinski definition) is 17. The Labute approximate surface area is 249 Å². The van der Waals surface area contributed by atoms with Crippen molar-refractivity contribution < 1.29 is 58.7 Å². The molecule has 0 aromatic heterocycles. The van der Waals surface area contributed by atoms with Crippen molar-refractivity contribution in [3.8, 4) is 0 Å². The molecule has 15 N–H and O–H groups in total. The highest BCUT2D eigenvalue weighted by molar-refractivity contribution is 5.03. The van der Waals surface area contributed by atoms with E-state index in [1.54, 1.807) is 6.92 Å². The Morgan fingerprint density at radius 3 is 2.00 bits per heavy atom. The second kappa shape index (κ2) is 13.6. The standard InChI is InChI=1S/C26H49N5O12/c1-9-16(33)18(35)13(5-27)38-23(9)42-21-14(6-32)39-25(19(21)36)43-22-17(34)11(29)4-12(30)20(22)41-24-10(28)2-3-15(40-24)26(31)7-37-8-26/h9-25,32-36H,2-8,27-31H2,1H3. The van der Waals surface area contributed by atoms with Crippen LogP contribution in [0.15, 0.2) is 0 Å². The zero-order chi connectivity index (χ0) is 31.2. The van der Waals surface area contributed by atoms with E-state index in [9.17, 15) is 25.5 Å². The average molecular weight is 624 g/mol. The summed E-state index contributed by atoms with van der Waals surface area (Å²) in [6.07, 6.45) is -12.8. The summed E-state index contributed by atoms with van der Waals surface area (Å²) in [4.78, 5) is 0. The van der Waals surface area contributed by atoms with Crippen LogP contribution in [0, 0.1) is 5.92 Å². The van der Waals surface area contributed by atoms with E-state index < -0.39 is 110 Å². The molecule has 4 heterocycles. The zero-order valence-electron chi connectivity index (χ0n) is 24.2. The number of aliphatic hydroxyl groups excluding tert-OH is 5. The molecule has 0 bridgehead atoms. The topological polar surface area (TPSA) is 296 Å². The molecule has 5 rings (SSSR count). The van der Waals surface area contributed by atoms with Gasteiger partial charge >= 0.3 is 0 Å². The summed E-state index contributed by atoms with van der Waals surface area (Å²) < 4.78 is 41.4. The maximum Gasteiger partial charge on any atom is 0.187 e. The first-order valence-corrected chi connectivity index (χ1v) is 15.0. The largest absolute Gasteiger partial charge is 0.394 e. The summed E-state index contributed by atoms with van der Waals surface area (Å²) in [5.74, 6) is -0.707. The van der Waals surface area contributed by atoms with Gasteiger partial charge in [0, 0.05) is 24.5 Å². The van der Waals surface area contributed by atoms with Crippen molar-refractivity contribution in [3.63, 3.8) is 0 Å². The normalized spacial score (nSPS) is 52.1. The van der Waals surface area contributed by atoms with Crippen LogP contribution >= 0.6 is 0 Å². The van der Waals surface area contributed by atoms with Crippen molar-refractivity contribution >= 4 is 0 Å². The quantitative estimate of drug-likeness (QED) is 0.114. The van der Waals surface area contributed by atoms with Gasteiger partial charge in [-0.1, -0.05) is 6.92 Å². The first-order valence-electron chi connectivity index (χ1n) is 15.0. The van der Waals surface area contributed by atoms with Gasteiger partial charge in [0.15, 0.2) is 18.9 Å². The highest BCUT2D eigenvalue weighted by Crippen LogP contribution is 2.36. The van der Waals surface area contributed by atoms with Crippen molar-refractivity contribution in [2.45, 2.75) is 130 Å². The van der Waals surface area contributed by atoms with E-state index in [4.69, 9.17) is 61.8 Å². The van der Waals surface area contributed by atoms with E-state index in [2.05, 4.69) is 0 Å². The molecule has 17 unspecified atom stereocenters. The molecule has 250 valence electrons. The average Bonchev–Trinajstić information content (AvgIpc) is 3.26. The molecule has 0 radical (unpaired) electrons. The van der Waals surface area contributed by atoms with Gasteiger partial charge in [0.2, 0.25) is 0 Å². The molecule has 4 aliphatic heterocycles. The minimum atomic E-state index is -1.48. The Hall–Kier alpha value is -0.680. The van der Waals surface area contributed by atoms with E-state index in [-0.39, 0.29) is 19.1 Å². The number of nitrogens with two attached hydrogens (primary N) is 5. The lowest BCUT2D eigenvalue weighted by molar-refractivity contribution is -0.300. The molecule has 1 aliphatic carbocycles. The van der Waals surface area contributed by atoms with Crippen LogP contribution in [-0.2, 0) is 33.2 Å². The number of hydrogen-bond donors (Lipinski definition) is 10. The molecule has 0 aromatic rings. The van der Waals surface area contributed by atoms with Crippen LogP contribution in [0.3, 0.4) is 0 Å². The summed E-state index contributed by atoms with van der Waals surface area (Å²) >= 11 is 0. The third-order valence-electron chi connectivity index (χ3n) is 9.44. The van der Waals surface area contributed by atoms with E-state index in [1.807, 2.05) is 0 Å². The van der Waals surface area contributed by atoms with Gasteiger partial charge in [0.1, 0.15) is 42.7 Å². The summed E-state index contributed by atoms with van der Waals surface area (Å²) in [7, 11) is 0. The lowest BCUT2D eigenvalue weighted by Gasteiger charge is -2.49. The molecular formula is C26H49N5O12. The van der Waals surface area contributed by atoms with E-state index in [0.29, 0.717) is 26.1 Å². The highest BCUT2D eigenvalue weighted by Gasteiger charge is 2.54. The van der Waals surface area contributed by atoms with E-state index in [0.717, 1.165) is 0 Å². The summed E-state index contributed by atoms with van der Waals surface area (Å²) in [5.41, 5.74) is 30.4. The number of ether oxygens (including phenoxy) is 7. The molecule has 4 saturated heterocycles. The van der Waals surface area contributed by atoms with Crippen LogP contribution in [0.25, 0.3) is 0 Å². The SMILES string of the molecule is CC1C(OC2C(CO)OC(OC3C(O)C(N)CC(N)C3OC3OC(C4(N)COC4)CCC3N)C2O)OC(CN)C(O)C1O. The van der Waals surface area contributed by atoms with Crippen LogP contribution in [0.4, 0.5) is 0 Å². The van der Waals surface area contributed by atoms with Gasteiger partial charge in [-0.05, 0) is 19.3 Å². The molecule has 0 amide bonds. The van der Waals surface area contributed by atoms with Gasteiger partial charge in [-0.3, -0.25) is 0 Å². The summed E-state index contributed by atoms with van der Waals surface area (Å²) in [6.45, 7) is 1.67. The van der Waals surface area contributed by atoms with E-state index >= 15 is 0 Å². The van der Waals surface area contributed by atoms with Crippen LogP contribution in [0.5, 0.6) is 0 Å². The van der Waals surface area contributed by atoms with Crippen LogP contribution in [0.1, 0.15) is 26.2 Å². The molecule has 43 heavy (non-hydrogen) atoms. The predicted octanol–water partition coefficient (Wildman–Crippen LogP) is -5.76. The zero-order valence-corrected chi connectivity index (χ0v) is 24.2. The minimum Gasteiger partial charge on any atom is -0.394 e. The maximum atomic E-state index is 11.2. The lowest BCUT2D eigenvalue weighted by Crippen LogP contribution is -2.69. The Morgan fingerprint density at radius 2 is 1.37 bits per heavy atom. The smallest absolute Gasteiger partial charge is 0.187 e. The van der Waals surface area contributed by atoms with Gasteiger partial charge in [0.25, 0.3) is 0 Å². The fourth-order valence-corrected chi connectivity index (χ4v) is 6.51. The fraction of sp³-hybridized carbons (Fsp3) is 1.00. The Morgan fingerprint density at radius 1 is 0.721 bits per heavy atom. The second-order valence-corrected chi connectivity index (χ2v) is 12.7. The molecule has 17 heteroatoms. The Balaban J connectivity index is 1.29. The highest BCUT2D eigenvalue weighted by atomic mass is 16.8. The molecule has 0 aromatic carbocycles. The molecule has 0 spiro atoms. The van der Waals surface area contributed by atoms with Crippen molar-refractivity contribution in [3.05, 3.63) is 0 Å². The molecule has 1 saturated carbocycles. The third kappa shape index (κ3) is 6.61. The fourth-order valence-electron chi connectivity index (χ4n) is 6.51. The van der Waals surface area contributed by atoms with Gasteiger partial charge < -0.3 is 87.4 Å². The Bertz CT molecular complexity index is 922. The summed E-state index contributed by atoms with van der Waals surface area (Å²) in [6, 6.07) is -1.98. The van der Waals surface area contributed by atoms with Crippen molar-refractivity contribution in [1.29, 1.82) is 0 Å². The molecule has 17 atom stereocenters. The number of aliphatic hydroxyl groups is 5. The van der Waals surface area contributed by atoms with Gasteiger partial charge in [0.05, 0.1) is 49.7 Å². The lowest BCUT2D eigenvalue weighted by atomic mass is 9.84. The molecule has 5 aliphatic rings. The molecule has 17 nitrogen and oxygen atoms in total. The van der Waals surface area contributed by atoms with Crippen molar-refractivity contribution in [1.82, 2.24) is 0 Å². The number of rotatable bonds is 9. The monoisotopic (exact) mass is 623 g/mol. The van der Waals surface area contributed by atoms with E-state index in [1.165, 1.54) is 0 Å².